The number of sulfonamides is 1. The van der Waals surface area contributed by atoms with Gasteiger partial charge < -0.3 is 4.74 Å². The molecule has 1 atom stereocenters. The minimum atomic E-state index is -3.80. The molecule has 0 aliphatic carbocycles. The molecule has 0 N–H and O–H groups in total. The van der Waals surface area contributed by atoms with E-state index in [9.17, 15) is 13.2 Å². The highest BCUT2D eigenvalue weighted by molar-refractivity contribution is 7.89. The Morgan fingerprint density at radius 2 is 2.04 bits per heavy atom. The summed E-state index contributed by atoms with van der Waals surface area (Å²) >= 11 is 1.54. The molecular formula is C17H19NO4S2. The molecule has 0 radical (unpaired) electrons. The number of carbonyl (C=O) groups excluding carboxylic acids is 1. The SMILES string of the molecule is COC(=O)C1c2ccsc2CCN1S(=O)(=O)c1ccc(C)cc1C. The number of benzene rings is 1. The predicted octanol–water partition coefficient (Wildman–Crippen LogP) is 2.83. The first-order valence-electron chi connectivity index (χ1n) is 7.59. The topological polar surface area (TPSA) is 63.7 Å². The van der Waals surface area contributed by atoms with Crippen LogP contribution in [0.2, 0.25) is 0 Å². The van der Waals surface area contributed by atoms with Crippen LogP contribution in [0.15, 0.2) is 34.5 Å². The molecule has 0 saturated carbocycles. The summed E-state index contributed by atoms with van der Waals surface area (Å²) in [6.45, 7) is 3.95. The number of methoxy groups -OCH3 is 1. The highest BCUT2D eigenvalue weighted by Crippen LogP contribution is 2.38. The molecule has 1 aliphatic rings. The van der Waals surface area contributed by atoms with Gasteiger partial charge in [0.2, 0.25) is 10.0 Å². The monoisotopic (exact) mass is 365 g/mol. The Morgan fingerprint density at radius 1 is 1.29 bits per heavy atom. The van der Waals surface area contributed by atoms with E-state index in [-0.39, 0.29) is 11.4 Å². The van der Waals surface area contributed by atoms with E-state index >= 15 is 0 Å². The number of aryl methyl sites for hydroxylation is 2. The van der Waals surface area contributed by atoms with Crippen molar-refractivity contribution in [2.75, 3.05) is 13.7 Å². The van der Waals surface area contributed by atoms with Gasteiger partial charge in [-0.15, -0.1) is 11.3 Å². The van der Waals surface area contributed by atoms with Gasteiger partial charge in [-0.2, -0.15) is 4.31 Å². The van der Waals surface area contributed by atoms with Crippen molar-refractivity contribution in [3.8, 4) is 0 Å². The molecule has 5 nitrogen and oxygen atoms in total. The molecule has 1 unspecified atom stereocenters. The summed E-state index contributed by atoms with van der Waals surface area (Å²) in [6.07, 6.45) is 0.602. The fourth-order valence-corrected chi connectivity index (χ4v) is 5.79. The van der Waals surface area contributed by atoms with Crippen molar-refractivity contribution in [1.29, 1.82) is 0 Å². The first-order valence-corrected chi connectivity index (χ1v) is 9.91. The smallest absolute Gasteiger partial charge is 0.328 e. The van der Waals surface area contributed by atoms with Crippen LogP contribution < -0.4 is 0 Å². The third-order valence-electron chi connectivity index (χ3n) is 4.26. The number of thiophene rings is 1. The second-order valence-corrected chi connectivity index (χ2v) is 8.72. The van der Waals surface area contributed by atoms with E-state index in [0.29, 0.717) is 12.0 Å². The molecular weight excluding hydrogens is 346 g/mol. The Hall–Kier alpha value is -1.70. The number of rotatable bonds is 3. The zero-order valence-electron chi connectivity index (χ0n) is 13.8. The molecule has 24 heavy (non-hydrogen) atoms. The molecule has 1 aromatic heterocycles. The number of fused-ring (bicyclic) bond motifs is 1. The first-order chi connectivity index (χ1) is 11.4. The number of carbonyl (C=O) groups is 1. The van der Waals surface area contributed by atoms with E-state index in [4.69, 9.17) is 4.74 Å². The number of ether oxygens (including phenoxy) is 1. The number of esters is 1. The lowest BCUT2D eigenvalue weighted by atomic mass is 10.0. The van der Waals surface area contributed by atoms with Gasteiger partial charge in [-0.25, -0.2) is 13.2 Å². The Labute approximate surface area is 145 Å². The van der Waals surface area contributed by atoms with Crippen LogP contribution in [0.5, 0.6) is 0 Å². The van der Waals surface area contributed by atoms with Crippen LogP contribution in [-0.4, -0.2) is 32.3 Å². The summed E-state index contributed by atoms with van der Waals surface area (Å²) in [5.74, 6) is -0.553. The quantitative estimate of drug-likeness (QED) is 0.785. The van der Waals surface area contributed by atoms with Crippen LogP contribution >= 0.6 is 11.3 Å². The van der Waals surface area contributed by atoms with E-state index in [1.807, 2.05) is 24.4 Å². The summed E-state index contributed by atoms with van der Waals surface area (Å²) in [4.78, 5) is 13.6. The number of hydrogen-bond donors (Lipinski definition) is 0. The van der Waals surface area contributed by atoms with Gasteiger partial charge >= 0.3 is 5.97 Å². The van der Waals surface area contributed by atoms with Crippen LogP contribution in [0.1, 0.15) is 27.6 Å². The molecule has 128 valence electrons. The van der Waals surface area contributed by atoms with Crippen LogP contribution in [0, 0.1) is 13.8 Å². The van der Waals surface area contributed by atoms with E-state index in [2.05, 4.69) is 0 Å². The van der Waals surface area contributed by atoms with Gasteiger partial charge in [0.15, 0.2) is 0 Å². The highest BCUT2D eigenvalue weighted by atomic mass is 32.2. The lowest BCUT2D eigenvalue weighted by molar-refractivity contribution is -0.145. The molecule has 0 amide bonds. The van der Waals surface area contributed by atoms with Crippen LogP contribution in [-0.2, 0) is 26.0 Å². The fraction of sp³-hybridized carbons (Fsp3) is 0.353. The van der Waals surface area contributed by atoms with Crippen molar-refractivity contribution in [3.63, 3.8) is 0 Å². The molecule has 1 aliphatic heterocycles. The van der Waals surface area contributed by atoms with Crippen molar-refractivity contribution in [1.82, 2.24) is 4.31 Å². The summed E-state index contributed by atoms with van der Waals surface area (Å²) < 4.78 is 32.6. The standard InChI is InChI=1S/C17H19NO4S2/c1-11-4-5-15(12(2)10-11)24(20,21)18-8-6-14-13(7-9-23-14)16(18)17(19)22-3/h4-5,7,9-10,16H,6,8H2,1-3H3. The Balaban J connectivity index is 2.11. The van der Waals surface area contributed by atoms with E-state index in [0.717, 1.165) is 16.0 Å². The van der Waals surface area contributed by atoms with Gasteiger partial charge in [-0.1, -0.05) is 17.7 Å². The molecule has 2 heterocycles. The Kier molecular flexibility index (Phi) is 4.50. The average molecular weight is 365 g/mol. The normalized spacial score (nSPS) is 18.2. The maximum absolute atomic E-state index is 13.2. The molecule has 3 rings (SSSR count). The molecule has 0 saturated heterocycles. The maximum atomic E-state index is 13.2. The third-order valence-corrected chi connectivity index (χ3v) is 7.28. The number of nitrogens with zero attached hydrogens (tertiary/aromatic N) is 1. The largest absolute Gasteiger partial charge is 0.468 e. The molecule has 0 fully saturated rings. The minimum Gasteiger partial charge on any atom is -0.468 e. The van der Waals surface area contributed by atoms with E-state index in [1.54, 1.807) is 30.4 Å². The fourth-order valence-electron chi connectivity index (χ4n) is 3.12. The zero-order chi connectivity index (χ0) is 17.5. The van der Waals surface area contributed by atoms with Crippen LogP contribution in [0.4, 0.5) is 0 Å². The summed E-state index contributed by atoms with van der Waals surface area (Å²) in [6, 6.07) is 6.10. The van der Waals surface area contributed by atoms with Gasteiger partial charge in [0.1, 0.15) is 6.04 Å². The second kappa shape index (κ2) is 6.31. The maximum Gasteiger partial charge on any atom is 0.328 e. The predicted molar refractivity (Wildman–Crippen MR) is 92.6 cm³/mol. The van der Waals surface area contributed by atoms with Crippen molar-refractivity contribution < 1.29 is 17.9 Å². The Morgan fingerprint density at radius 3 is 2.71 bits per heavy atom. The van der Waals surface area contributed by atoms with Gasteiger partial charge in [0, 0.05) is 11.4 Å². The van der Waals surface area contributed by atoms with Crippen LogP contribution in [0.3, 0.4) is 0 Å². The lowest BCUT2D eigenvalue weighted by Crippen LogP contribution is -2.43. The highest BCUT2D eigenvalue weighted by Gasteiger charge is 2.42. The van der Waals surface area contributed by atoms with Gasteiger partial charge in [0.05, 0.1) is 12.0 Å². The minimum absolute atomic E-state index is 0.237. The van der Waals surface area contributed by atoms with E-state index in [1.165, 1.54) is 11.4 Å². The van der Waals surface area contributed by atoms with E-state index < -0.39 is 22.0 Å². The molecule has 0 bridgehead atoms. The van der Waals surface area contributed by atoms with Crippen LogP contribution in [0.25, 0.3) is 0 Å². The summed E-state index contributed by atoms with van der Waals surface area (Å²) in [5, 5.41) is 1.88. The van der Waals surface area contributed by atoms with Crippen molar-refractivity contribution in [3.05, 3.63) is 51.2 Å². The van der Waals surface area contributed by atoms with Crippen molar-refractivity contribution in [2.24, 2.45) is 0 Å². The summed E-state index contributed by atoms with van der Waals surface area (Å²) in [7, 11) is -2.51. The molecule has 0 spiro atoms. The van der Waals surface area contributed by atoms with Crippen molar-refractivity contribution in [2.45, 2.75) is 31.2 Å². The van der Waals surface area contributed by atoms with Gasteiger partial charge in [-0.05, 0) is 48.9 Å². The first kappa shape index (κ1) is 17.1. The van der Waals surface area contributed by atoms with Gasteiger partial charge in [0.25, 0.3) is 0 Å². The zero-order valence-corrected chi connectivity index (χ0v) is 15.4. The average Bonchev–Trinajstić information content (AvgIpc) is 3.01. The summed E-state index contributed by atoms with van der Waals surface area (Å²) in [5.41, 5.74) is 2.40. The second-order valence-electron chi connectivity index (χ2n) is 5.86. The van der Waals surface area contributed by atoms with Crippen molar-refractivity contribution >= 4 is 27.3 Å². The van der Waals surface area contributed by atoms with Gasteiger partial charge in [-0.3, -0.25) is 0 Å². The lowest BCUT2D eigenvalue weighted by Gasteiger charge is -2.33. The molecule has 1 aromatic carbocycles. The molecule has 7 heteroatoms. The molecule has 2 aromatic rings. The third kappa shape index (κ3) is 2.76. The Bertz CT molecular complexity index is 886. The number of hydrogen-bond acceptors (Lipinski definition) is 5.